The molecule has 0 bridgehead atoms. The molecule has 164 valence electrons. The first kappa shape index (κ1) is 21.1. The van der Waals surface area contributed by atoms with Gasteiger partial charge in [0.15, 0.2) is 0 Å². The van der Waals surface area contributed by atoms with Crippen LogP contribution in [-0.2, 0) is 4.79 Å². The zero-order chi connectivity index (χ0) is 21.6. The molecule has 0 aromatic heterocycles. The molecule has 3 amide bonds. The quantitative estimate of drug-likeness (QED) is 0.744. The minimum Gasteiger partial charge on any atom is -0.369 e. The fraction of sp³-hybridized carbons (Fsp3) is 0.391. The van der Waals surface area contributed by atoms with E-state index in [2.05, 4.69) is 44.7 Å². The van der Waals surface area contributed by atoms with Crippen LogP contribution in [0.25, 0.3) is 0 Å². The topological polar surface area (TPSA) is 67.9 Å². The normalized spacial score (nSPS) is 19.5. The van der Waals surface area contributed by atoms with E-state index in [1.807, 2.05) is 6.07 Å². The molecule has 2 aliphatic rings. The first-order valence-corrected chi connectivity index (χ1v) is 10.7. The Labute approximate surface area is 181 Å². The standard InChI is InChI=1S/C23H28FN5O2/c24-18-6-8-21(9-7-18)29-17-19(16-22(29)30)26-23(31)25-10-11-27-12-14-28(15-13-27)20-4-2-1-3-5-20/h1-9,19H,10-17H2,(H2,25,26,31). The van der Waals surface area contributed by atoms with Gasteiger partial charge in [-0.05, 0) is 36.4 Å². The predicted octanol–water partition coefficient (Wildman–Crippen LogP) is 2.05. The SMILES string of the molecule is O=C(NCCN1CCN(c2ccccc2)CC1)NC1CC(=O)N(c2ccc(F)cc2)C1. The average Bonchev–Trinajstić information content (AvgIpc) is 3.15. The molecule has 1 atom stereocenters. The molecule has 2 N–H and O–H groups in total. The maximum absolute atomic E-state index is 13.1. The van der Waals surface area contributed by atoms with Crippen molar-refractivity contribution in [1.82, 2.24) is 15.5 Å². The molecule has 2 heterocycles. The third-order valence-electron chi connectivity index (χ3n) is 5.81. The zero-order valence-corrected chi connectivity index (χ0v) is 17.5. The minimum atomic E-state index is -0.342. The number of nitrogens with one attached hydrogen (secondary N) is 2. The molecular weight excluding hydrogens is 397 g/mol. The Balaban J connectivity index is 1.15. The number of anilines is 2. The van der Waals surface area contributed by atoms with E-state index in [0.29, 0.717) is 18.8 Å². The van der Waals surface area contributed by atoms with E-state index in [4.69, 9.17) is 0 Å². The Kier molecular flexibility index (Phi) is 6.66. The van der Waals surface area contributed by atoms with E-state index in [1.54, 1.807) is 17.0 Å². The van der Waals surface area contributed by atoms with Crippen molar-refractivity contribution in [3.8, 4) is 0 Å². The number of rotatable bonds is 6. The molecule has 0 saturated carbocycles. The van der Waals surface area contributed by atoms with Crippen LogP contribution in [0.3, 0.4) is 0 Å². The van der Waals surface area contributed by atoms with Gasteiger partial charge < -0.3 is 20.4 Å². The highest BCUT2D eigenvalue weighted by Gasteiger charge is 2.31. The summed E-state index contributed by atoms with van der Waals surface area (Å²) in [5.41, 5.74) is 1.89. The first-order valence-electron chi connectivity index (χ1n) is 10.7. The summed E-state index contributed by atoms with van der Waals surface area (Å²) in [4.78, 5) is 30.8. The number of para-hydroxylation sites is 1. The Morgan fingerprint density at radius 2 is 1.68 bits per heavy atom. The Hall–Kier alpha value is -3.13. The molecule has 7 nitrogen and oxygen atoms in total. The van der Waals surface area contributed by atoms with Gasteiger partial charge in [-0.1, -0.05) is 18.2 Å². The molecule has 2 aliphatic heterocycles. The van der Waals surface area contributed by atoms with Gasteiger partial charge in [0.1, 0.15) is 5.82 Å². The Bertz CT molecular complexity index is 885. The van der Waals surface area contributed by atoms with Crippen molar-refractivity contribution in [1.29, 1.82) is 0 Å². The number of urea groups is 1. The molecule has 31 heavy (non-hydrogen) atoms. The van der Waals surface area contributed by atoms with Crippen molar-refractivity contribution >= 4 is 23.3 Å². The van der Waals surface area contributed by atoms with Gasteiger partial charge in [0, 0.05) is 63.6 Å². The molecule has 0 aliphatic carbocycles. The van der Waals surface area contributed by atoms with Crippen molar-refractivity contribution in [3.05, 3.63) is 60.4 Å². The van der Waals surface area contributed by atoms with Crippen LogP contribution in [0.4, 0.5) is 20.6 Å². The van der Waals surface area contributed by atoms with E-state index in [0.717, 1.165) is 32.7 Å². The highest BCUT2D eigenvalue weighted by molar-refractivity contribution is 5.96. The number of benzene rings is 2. The zero-order valence-electron chi connectivity index (χ0n) is 17.5. The van der Waals surface area contributed by atoms with Crippen LogP contribution in [-0.4, -0.2) is 68.7 Å². The number of carbonyl (C=O) groups is 2. The summed E-state index contributed by atoms with van der Waals surface area (Å²) >= 11 is 0. The van der Waals surface area contributed by atoms with Crippen LogP contribution < -0.4 is 20.4 Å². The largest absolute Gasteiger partial charge is 0.369 e. The second-order valence-electron chi connectivity index (χ2n) is 7.95. The van der Waals surface area contributed by atoms with Gasteiger partial charge in [0.2, 0.25) is 5.91 Å². The summed E-state index contributed by atoms with van der Waals surface area (Å²) in [5, 5.41) is 5.77. The van der Waals surface area contributed by atoms with E-state index in [1.165, 1.54) is 17.8 Å². The summed E-state index contributed by atoms with van der Waals surface area (Å²) in [6, 6.07) is 15.7. The van der Waals surface area contributed by atoms with Crippen molar-refractivity contribution < 1.29 is 14.0 Å². The van der Waals surface area contributed by atoms with Crippen molar-refractivity contribution in [3.63, 3.8) is 0 Å². The fourth-order valence-corrected chi connectivity index (χ4v) is 4.11. The van der Waals surface area contributed by atoms with Crippen molar-refractivity contribution in [2.75, 3.05) is 55.6 Å². The van der Waals surface area contributed by atoms with Crippen LogP contribution in [0.5, 0.6) is 0 Å². The van der Waals surface area contributed by atoms with Gasteiger partial charge in [-0.3, -0.25) is 9.69 Å². The minimum absolute atomic E-state index is 0.0757. The third-order valence-corrected chi connectivity index (χ3v) is 5.81. The summed E-state index contributed by atoms with van der Waals surface area (Å²) < 4.78 is 13.1. The molecule has 2 aromatic carbocycles. The number of hydrogen-bond acceptors (Lipinski definition) is 4. The van der Waals surface area contributed by atoms with Crippen LogP contribution in [0.2, 0.25) is 0 Å². The molecule has 0 radical (unpaired) electrons. The lowest BCUT2D eigenvalue weighted by Gasteiger charge is -2.36. The molecule has 2 fully saturated rings. The summed E-state index contributed by atoms with van der Waals surface area (Å²) in [6.07, 6.45) is 0.242. The number of hydrogen-bond donors (Lipinski definition) is 2. The average molecular weight is 426 g/mol. The summed E-state index contributed by atoms with van der Waals surface area (Å²) in [5.74, 6) is -0.417. The molecular formula is C23H28FN5O2. The number of nitrogens with zero attached hydrogens (tertiary/aromatic N) is 3. The molecule has 1 unspecified atom stereocenters. The number of carbonyl (C=O) groups excluding carboxylic acids is 2. The van der Waals surface area contributed by atoms with E-state index >= 15 is 0 Å². The van der Waals surface area contributed by atoms with Crippen LogP contribution in [0.1, 0.15) is 6.42 Å². The third kappa shape index (κ3) is 5.52. The lowest BCUT2D eigenvalue weighted by atomic mass is 10.2. The number of piperazine rings is 1. The fourth-order valence-electron chi connectivity index (χ4n) is 4.11. The van der Waals surface area contributed by atoms with Crippen LogP contribution in [0, 0.1) is 5.82 Å². The van der Waals surface area contributed by atoms with Gasteiger partial charge in [-0.25, -0.2) is 9.18 Å². The lowest BCUT2D eigenvalue weighted by Crippen LogP contribution is -2.50. The maximum Gasteiger partial charge on any atom is 0.315 e. The van der Waals surface area contributed by atoms with Gasteiger partial charge in [0.05, 0.1) is 6.04 Å². The monoisotopic (exact) mass is 425 g/mol. The molecule has 8 heteroatoms. The van der Waals surface area contributed by atoms with E-state index < -0.39 is 0 Å². The van der Waals surface area contributed by atoms with Crippen LogP contribution >= 0.6 is 0 Å². The van der Waals surface area contributed by atoms with Crippen molar-refractivity contribution in [2.24, 2.45) is 0 Å². The molecule has 2 saturated heterocycles. The van der Waals surface area contributed by atoms with Gasteiger partial charge >= 0.3 is 6.03 Å². The Morgan fingerprint density at radius 1 is 0.968 bits per heavy atom. The molecule has 0 spiro atoms. The Morgan fingerprint density at radius 3 is 2.39 bits per heavy atom. The van der Waals surface area contributed by atoms with E-state index in [-0.39, 0.29) is 30.2 Å². The van der Waals surface area contributed by atoms with Crippen molar-refractivity contribution in [2.45, 2.75) is 12.5 Å². The number of amides is 3. The lowest BCUT2D eigenvalue weighted by molar-refractivity contribution is -0.117. The summed E-state index contributed by atoms with van der Waals surface area (Å²) in [6.45, 7) is 5.60. The highest BCUT2D eigenvalue weighted by atomic mass is 19.1. The van der Waals surface area contributed by atoms with Gasteiger partial charge in [0.25, 0.3) is 0 Å². The van der Waals surface area contributed by atoms with Gasteiger partial charge in [-0.15, -0.1) is 0 Å². The number of halogens is 1. The maximum atomic E-state index is 13.1. The predicted molar refractivity (Wildman–Crippen MR) is 119 cm³/mol. The highest BCUT2D eigenvalue weighted by Crippen LogP contribution is 2.21. The smallest absolute Gasteiger partial charge is 0.315 e. The summed E-state index contributed by atoms with van der Waals surface area (Å²) in [7, 11) is 0. The van der Waals surface area contributed by atoms with Gasteiger partial charge in [-0.2, -0.15) is 0 Å². The first-order chi connectivity index (χ1) is 15.1. The van der Waals surface area contributed by atoms with E-state index in [9.17, 15) is 14.0 Å². The second kappa shape index (κ2) is 9.78. The second-order valence-corrected chi connectivity index (χ2v) is 7.95. The van der Waals surface area contributed by atoms with Crippen LogP contribution in [0.15, 0.2) is 54.6 Å². The molecule has 4 rings (SSSR count). The molecule has 2 aromatic rings.